The van der Waals surface area contributed by atoms with Crippen LogP contribution in [0.15, 0.2) is 48.9 Å². The lowest BCUT2D eigenvalue weighted by Crippen LogP contribution is -2.24. The van der Waals surface area contributed by atoms with Crippen LogP contribution in [0.4, 0.5) is 0 Å². The van der Waals surface area contributed by atoms with Crippen LogP contribution in [0.5, 0.6) is 0 Å². The highest BCUT2D eigenvalue weighted by molar-refractivity contribution is 5.69. The predicted octanol–water partition coefficient (Wildman–Crippen LogP) is 4.80. The summed E-state index contributed by atoms with van der Waals surface area (Å²) < 4.78 is 8.10. The number of nitrogens with zero attached hydrogens (tertiary/aromatic N) is 3. The number of benzene rings is 1. The Morgan fingerprint density at radius 2 is 1.73 bits per heavy atom. The second-order valence-corrected chi connectivity index (χ2v) is 7.09. The Morgan fingerprint density at radius 3 is 2.42 bits per heavy atom. The van der Waals surface area contributed by atoms with Gasteiger partial charge in [0.15, 0.2) is 0 Å². The van der Waals surface area contributed by atoms with E-state index in [0.717, 1.165) is 42.1 Å². The van der Waals surface area contributed by atoms with E-state index in [-0.39, 0.29) is 0 Å². The fraction of sp³-hybridized carbons (Fsp3) is 0.364. The molecule has 1 aliphatic heterocycles. The molecule has 0 N–H and O–H groups in total. The van der Waals surface area contributed by atoms with Crippen molar-refractivity contribution in [3.63, 3.8) is 0 Å². The lowest BCUT2D eigenvalue weighted by Gasteiger charge is -2.23. The first-order chi connectivity index (χ1) is 12.7. The van der Waals surface area contributed by atoms with Gasteiger partial charge in [0.2, 0.25) is 0 Å². The highest BCUT2D eigenvalue weighted by Gasteiger charge is 2.17. The zero-order valence-corrected chi connectivity index (χ0v) is 15.5. The molecule has 0 unspecified atom stereocenters. The zero-order chi connectivity index (χ0) is 17.9. The maximum atomic E-state index is 5.87. The van der Waals surface area contributed by atoms with Gasteiger partial charge in [0.1, 0.15) is 0 Å². The van der Waals surface area contributed by atoms with Crippen molar-refractivity contribution in [3.05, 3.63) is 60.3 Å². The van der Waals surface area contributed by atoms with Crippen molar-refractivity contribution >= 4 is 0 Å². The zero-order valence-electron chi connectivity index (χ0n) is 15.5. The molecule has 0 aliphatic carbocycles. The first kappa shape index (κ1) is 17.0. The number of rotatable bonds is 4. The van der Waals surface area contributed by atoms with Crippen LogP contribution < -0.4 is 0 Å². The standard InChI is InChI=1S/C22H25N3O/c1-16-6-7-20(13-23-16)18-8-10-19(11-9-18)22-17(2)25(15-24-22)14-21-5-3-4-12-26-21/h6-11,13,15,21H,3-5,12,14H2,1-2H3/t21-/m1/s1. The van der Waals surface area contributed by atoms with Gasteiger partial charge in [0, 0.05) is 35.3 Å². The van der Waals surface area contributed by atoms with Gasteiger partial charge in [-0.25, -0.2) is 4.98 Å². The Kier molecular flexibility index (Phi) is 4.85. The maximum absolute atomic E-state index is 5.87. The van der Waals surface area contributed by atoms with E-state index >= 15 is 0 Å². The smallest absolute Gasteiger partial charge is 0.0956 e. The van der Waals surface area contributed by atoms with Crippen LogP contribution in [0.25, 0.3) is 22.4 Å². The minimum Gasteiger partial charge on any atom is -0.376 e. The van der Waals surface area contributed by atoms with Crippen LogP contribution >= 0.6 is 0 Å². The van der Waals surface area contributed by atoms with Crippen LogP contribution in [-0.2, 0) is 11.3 Å². The van der Waals surface area contributed by atoms with E-state index in [4.69, 9.17) is 4.74 Å². The van der Waals surface area contributed by atoms with E-state index in [1.165, 1.54) is 24.1 Å². The van der Waals surface area contributed by atoms with Gasteiger partial charge >= 0.3 is 0 Å². The molecule has 4 nitrogen and oxygen atoms in total. The second-order valence-electron chi connectivity index (χ2n) is 7.09. The van der Waals surface area contributed by atoms with Crippen LogP contribution in [0, 0.1) is 13.8 Å². The van der Waals surface area contributed by atoms with Crippen LogP contribution in [0.2, 0.25) is 0 Å². The molecule has 1 aromatic carbocycles. The van der Waals surface area contributed by atoms with Crippen LogP contribution in [0.1, 0.15) is 30.7 Å². The number of hydrogen-bond acceptors (Lipinski definition) is 3. The van der Waals surface area contributed by atoms with E-state index in [1.54, 1.807) is 0 Å². The van der Waals surface area contributed by atoms with Gasteiger partial charge in [-0.05, 0) is 44.7 Å². The van der Waals surface area contributed by atoms with Crippen molar-refractivity contribution in [1.29, 1.82) is 0 Å². The number of aromatic nitrogens is 3. The van der Waals surface area contributed by atoms with Gasteiger partial charge in [0.05, 0.1) is 24.7 Å². The first-order valence-electron chi connectivity index (χ1n) is 9.37. The molecule has 3 aromatic rings. The summed E-state index contributed by atoms with van der Waals surface area (Å²) in [6.07, 6.45) is 7.79. The number of pyridine rings is 1. The Hall–Kier alpha value is -2.46. The fourth-order valence-corrected chi connectivity index (χ4v) is 3.54. The summed E-state index contributed by atoms with van der Waals surface area (Å²) in [5.74, 6) is 0. The third-order valence-corrected chi connectivity index (χ3v) is 5.18. The number of aryl methyl sites for hydroxylation is 1. The first-order valence-corrected chi connectivity index (χ1v) is 9.37. The van der Waals surface area contributed by atoms with Crippen molar-refractivity contribution < 1.29 is 4.74 Å². The average molecular weight is 347 g/mol. The monoisotopic (exact) mass is 347 g/mol. The SMILES string of the molecule is Cc1ccc(-c2ccc(-c3ncn(C[C@H]4CCCCO4)c3C)cc2)cn1. The van der Waals surface area contributed by atoms with E-state index < -0.39 is 0 Å². The lowest BCUT2D eigenvalue weighted by molar-refractivity contribution is 0.00569. The molecule has 134 valence electrons. The molecule has 1 fully saturated rings. The van der Waals surface area contributed by atoms with E-state index in [2.05, 4.69) is 51.8 Å². The summed E-state index contributed by atoms with van der Waals surface area (Å²) in [5, 5.41) is 0. The number of hydrogen-bond donors (Lipinski definition) is 0. The summed E-state index contributed by atoms with van der Waals surface area (Å²) in [7, 11) is 0. The van der Waals surface area contributed by atoms with E-state index in [0.29, 0.717) is 6.10 Å². The van der Waals surface area contributed by atoms with Gasteiger partial charge in [0.25, 0.3) is 0 Å². The van der Waals surface area contributed by atoms with E-state index in [1.807, 2.05) is 25.5 Å². The van der Waals surface area contributed by atoms with E-state index in [9.17, 15) is 0 Å². The third kappa shape index (κ3) is 3.56. The lowest BCUT2D eigenvalue weighted by atomic mass is 10.0. The molecule has 0 spiro atoms. The molecule has 0 saturated carbocycles. The Labute approximate surface area is 154 Å². The van der Waals surface area contributed by atoms with Crippen LogP contribution in [-0.4, -0.2) is 27.2 Å². The molecule has 4 rings (SSSR count). The normalized spacial score (nSPS) is 17.4. The Morgan fingerprint density at radius 1 is 0.962 bits per heavy atom. The molecule has 0 bridgehead atoms. The molecule has 26 heavy (non-hydrogen) atoms. The fourth-order valence-electron chi connectivity index (χ4n) is 3.54. The third-order valence-electron chi connectivity index (χ3n) is 5.18. The summed E-state index contributed by atoms with van der Waals surface area (Å²) in [5.41, 5.74) is 6.74. The molecule has 3 heterocycles. The molecule has 0 amide bonds. The molecule has 2 aromatic heterocycles. The minimum absolute atomic E-state index is 0.320. The Balaban J connectivity index is 1.53. The topological polar surface area (TPSA) is 39.9 Å². The van der Waals surface area contributed by atoms with Crippen molar-refractivity contribution in [1.82, 2.24) is 14.5 Å². The summed E-state index contributed by atoms with van der Waals surface area (Å²) in [4.78, 5) is 9.04. The number of imidazole rings is 1. The molecular weight excluding hydrogens is 322 g/mol. The largest absolute Gasteiger partial charge is 0.376 e. The molecule has 1 atom stereocenters. The number of ether oxygens (including phenoxy) is 1. The molecule has 1 saturated heterocycles. The summed E-state index contributed by atoms with van der Waals surface area (Å²) >= 11 is 0. The van der Waals surface area contributed by atoms with Gasteiger partial charge < -0.3 is 9.30 Å². The van der Waals surface area contributed by atoms with Crippen molar-refractivity contribution in [2.75, 3.05) is 6.61 Å². The van der Waals surface area contributed by atoms with Gasteiger partial charge in [-0.15, -0.1) is 0 Å². The van der Waals surface area contributed by atoms with Crippen molar-refractivity contribution in [2.24, 2.45) is 0 Å². The van der Waals surface area contributed by atoms with Gasteiger partial charge in [-0.1, -0.05) is 30.3 Å². The Bertz CT molecular complexity index is 859. The highest BCUT2D eigenvalue weighted by atomic mass is 16.5. The van der Waals surface area contributed by atoms with Gasteiger partial charge in [-0.2, -0.15) is 0 Å². The summed E-state index contributed by atoms with van der Waals surface area (Å²) in [6, 6.07) is 12.7. The highest BCUT2D eigenvalue weighted by Crippen LogP contribution is 2.26. The summed E-state index contributed by atoms with van der Waals surface area (Å²) in [6.45, 7) is 5.93. The molecule has 0 radical (unpaired) electrons. The molecular formula is C22H25N3O. The molecule has 1 aliphatic rings. The minimum atomic E-state index is 0.320. The van der Waals surface area contributed by atoms with Crippen molar-refractivity contribution in [2.45, 2.75) is 45.8 Å². The van der Waals surface area contributed by atoms with Gasteiger partial charge in [-0.3, -0.25) is 4.98 Å². The van der Waals surface area contributed by atoms with Crippen molar-refractivity contribution in [3.8, 4) is 22.4 Å². The van der Waals surface area contributed by atoms with Crippen LogP contribution in [0.3, 0.4) is 0 Å². The molecule has 4 heteroatoms. The average Bonchev–Trinajstić information content (AvgIpc) is 3.04. The quantitative estimate of drug-likeness (QED) is 0.681. The maximum Gasteiger partial charge on any atom is 0.0956 e. The second kappa shape index (κ2) is 7.42. The predicted molar refractivity (Wildman–Crippen MR) is 104 cm³/mol.